The standard InChI is InChI=1S/C12H15ClN6O/c1-8-10(13)16-12-14-7-15-19(12)11(8)18-5-3-4-17(2)9(20)6-18/h7H,3-6H2,1-2H3. The van der Waals surface area contributed by atoms with Crippen LogP contribution in [0.5, 0.6) is 0 Å². The van der Waals surface area contributed by atoms with Gasteiger partial charge in [-0.2, -0.15) is 19.6 Å². The minimum Gasteiger partial charge on any atom is -0.347 e. The molecule has 7 nitrogen and oxygen atoms in total. The molecular weight excluding hydrogens is 280 g/mol. The summed E-state index contributed by atoms with van der Waals surface area (Å²) in [5.41, 5.74) is 0.807. The van der Waals surface area contributed by atoms with Crippen molar-refractivity contribution in [1.82, 2.24) is 24.5 Å². The number of nitrogens with zero attached hydrogens (tertiary/aromatic N) is 6. The summed E-state index contributed by atoms with van der Waals surface area (Å²) in [5.74, 6) is 1.32. The molecule has 0 bridgehead atoms. The van der Waals surface area contributed by atoms with E-state index in [1.165, 1.54) is 6.33 Å². The minimum absolute atomic E-state index is 0.0862. The van der Waals surface area contributed by atoms with Crippen molar-refractivity contribution >= 4 is 29.1 Å². The second-order valence-corrected chi connectivity index (χ2v) is 5.27. The van der Waals surface area contributed by atoms with E-state index < -0.39 is 0 Å². The Balaban J connectivity index is 2.11. The predicted molar refractivity (Wildman–Crippen MR) is 75.0 cm³/mol. The number of hydrogen-bond donors (Lipinski definition) is 0. The Kier molecular flexibility index (Phi) is 3.21. The van der Waals surface area contributed by atoms with Crippen LogP contribution < -0.4 is 4.90 Å². The number of amides is 1. The molecule has 1 aliphatic rings. The zero-order chi connectivity index (χ0) is 14.3. The number of anilines is 1. The zero-order valence-electron chi connectivity index (χ0n) is 11.4. The van der Waals surface area contributed by atoms with Crippen LogP contribution in [0.2, 0.25) is 5.15 Å². The highest BCUT2D eigenvalue weighted by Crippen LogP contribution is 2.26. The summed E-state index contributed by atoms with van der Waals surface area (Å²) in [6.45, 7) is 3.72. The smallest absolute Gasteiger partial charge is 0.255 e. The van der Waals surface area contributed by atoms with Crippen LogP contribution in [-0.2, 0) is 4.79 Å². The molecule has 0 saturated carbocycles. The molecule has 1 saturated heterocycles. The molecule has 0 spiro atoms. The van der Waals surface area contributed by atoms with Crippen LogP contribution in [0.4, 0.5) is 5.82 Å². The molecule has 3 rings (SSSR count). The van der Waals surface area contributed by atoms with Crippen LogP contribution >= 0.6 is 11.6 Å². The van der Waals surface area contributed by atoms with Gasteiger partial charge in [0.25, 0.3) is 5.78 Å². The fourth-order valence-electron chi connectivity index (χ4n) is 2.42. The second kappa shape index (κ2) is 4.90. The van der Waals surface area contributed by atoms with E-state index in [0.717, 1.165) is 30.9 Å². The van der Waals surface area contributed by atoms with Gasteiger partial charge in [-0.3, -0.25) is 4.79 Å². The Hall–Kier alpha value is -1.89. The average Bonchev–Trinajstić information content (AvgIpc) is 2.79. The molecule has 0 aromatic carbocycles. The summed E-state index contributed by atoms with van der Waals surface area (Å²) in [5, 5.41) is 4.58. The van der Waals surface area contributed by atoms with E-state index in [9.17, 15) is 4.79 Å². The molecule has 106 valence electrons. The largest absolute Gasteiger partial charge is 0.347 e. The quantitative estimate of drug-likeness (QED) is 0.726. The van der Waals surface area contributed by atoms with Crippen molar-refractivity contribution in [3.8, 4) is 0 Å². The maximum atomic E-state index is 12.1. The first kappa shape index (κ1) is 13.1. The minimum atomic E-state index is 0.0862. The Morgan fingerprint density at radius 2 is 2.15 bits per heavy atom. The van der Waals surface area contributed by atoms with Gasteiger partial charge in [-0.1, -0.05) is 11.6 Å². The number of carbonyl (C=O) groups excluding carboxylic acids is 1. The van der Waals surface area contributed by atoms with Gasteiger partial charge in [0.05, 0.1) is 6.54 Å². The second-order valence-electron chi connectivity index (χ2n) is 4.91. The van der Waals surface area contributed by atoms with Crippen molar-refractivity contribution in [2.24, 2.45) is 0 Å². The van der Waals surface area contributed by atoms with Gasteiger partial charge >= 0.3 is 0 Å². The van der Waals surface area contributed by atoms with E-state index >= 15 is 0 Å². The molecule has 1 aliphatic heterocycles. The van der Waals surface area contributed by atoms with E-state index in [4.69, 9.17) is 11.6 Å². The molecule has 0 aliphatic carbocycles. The Labute approximate surface area is 121 Å². The third-order valence-corrected chi connectivity index (χ3v) is 3.91. The summed E-state index contributed by atoms with van der Waals surface area (Å²) in [6.07, 6.45) is 2.34. The first-order chi connectivity index (χ1) is 9.58. The molecule has 8 heteroatoms. The van der Waals surface area contributed by atoms with Gasteiger partial charge in [0.1, 0.15) is 17.3 Å². The number of fused-ring (bicyclic) bond motifs is 1. The van der Waals surface area contributed by atoms with Crippen LogP contribution in [0.3, 0.4) is 0 Å². The zero-order valence-corrected chi connectivity index (χ0v) is 12.1. The Morgan fingerprint density at radius 1 is 1.35 bits per heavy atom. The lowest BCUT2D eigenvalue weighted by atomic mass is 10.3. The van der Waals surface area contributed by atoms with Gasteiger partial charge in [0.2, 0.25) is 5.91 Å². The highest BCUT2D eigenvalue weighted by Gasteiger charge is 2.24. The van der Waals surface area contributed by atoms with Crippen molar-refractivity contribution in [3.05, 3.63) is 17.0 Å². The molecule has 2 aromatic rings. The molecule has 0 radical (unpaired) electrons. The van der Waals surface area contributed by atoms with Crippen LogP contribution in [0.25, 0.3) is 5.78 Å². The number of carbonyl (C=O) groups is 1. The lowest BCUT2D eigenvalue weighted by molar-refractivity contribution is -0.127. The van der Waals surface area contributed by atoms with Crippen molar-refractivity contribution in [2.75, 3.05) is 31.6 Å². The Morgan fingerprint density at radius 3 is 2.95 bits per heavy atom. The van der Waals surface area contributed by atoms with E-state index in [0.29, 0.717) is 17.5 Å². The molecule has 0 N–H and O–H groups in total. The van der Waals surface area contributed by atoms with Crippen LogP contribution in [0.15, 0.2) is 6.33 Å². The number of likely N-dealkylation sites (N-methyl/N-ethyl adjacent to an activating group) is 1. The molecule has 0 atom stereocenters. The summed E-state index contributed by atoms with van der Waals surface area (Å²) in [7, 11) is 1.82. The number of aromatic nitrogens is 4. The average molecular weight is 295 g/mol. The summed E-state index contributed by atoms with van der Waals surface area (Å²) in [6, 6.07) is 0. The van der Waals surface area contributed by atoms with Crippen molar-refractivity contribution in [1.29, 1.82) is 0 Å². The van der Waals surface area contributed by atoms with E-state index in [2.05, 4.69) is 15.1 Å². The maximum Gasteiger partial charge on any atom is 0.255 e. The molecule has 3 heterocycles. The number of halogens is 1. The number of rotatable bonds is 1. The number of hydrogen-bond acceptors (Lipinski definition) is 5. The van der Waals surface area contributed by atoms with Crippen LogP contribution in [-0.4, -0.2) is 57.1 Å². The van der Waals surface area contributed by atoms with Crippen molar-refractivity contribution in [3.63, 3.8) is 0 Å². The van der Waals surface area contributed by atoms with Crippen molar-refractivity contribution < 1.29 is 4.79 Å². The molecule has 1 amide bonds. The van der Waals surface area contributed by atoms with Gasteiger partial charge < -0.3 is 9.80 Å². The van der Waals surface area contributed by atoms with Gasteiger partial charge in [0, 0.05) is 25.7 Å². The van der Waals surface area contributed by atoms with Crippen LogP contribution in [0, 0.1) is 6.92 Å². The summed E-state index contributed by atoms with van der Waals surface area (Å²) in [4.78, 5) is 24.1. The van der Waals surface area contributed by atoms with E-state index in [-0.39, 0.29) is 5.91 Å². The fraction of sp³-hybridized carbons (Fsp3) is 0.500. The molecule has 2 aromatic heterocycles. The highest BCUT2D eigenvalue weighted by molar-refractivity contribution is 6.30. The lowest BCUT2D eigenvalue weighted by Crippen LogP contribution is -2.35. The third kappa shape index (κ3) is 2.07. The SMILES string of the molecule is Cc1c(Cl)nc2ncnn2c1N1CCCN(C)C(=O)C1. The van der Waals surface area contributed by atoms with Crippen molar-refractivity contribution in [2.45, 2.75) is 13.3 Å². The molecule has 20 heavy (non-hydrogen) atoms. The summed E-state index contributed by atoms with van der Waals surface area (Å²) >= 11 is 6.16. The normalized spacial score (nSPS) is 16.9. The predicted octanol–water partition coefficient (Wildman–Crippen LogP) is 0.755. The third-order valence-electron chi connectivity index (χ3n) is 3.55. The molecule has 1 fully saturated rings. The van der Waals surface area contributed by atoms with Crippen LogP contribution in [0.1, 0.15) is 12.0 Å². The highest BCUT2D eigenvalue weighted by atomic mass is 35.5. The van der Waals surface area contributed by atoms with Gasteiger partial charge in [0.15, 0.2) is 0 Å². The maximum absolute atomic E-state index is 12.1. The molecule has 0 unspecified atom stereocenters. The monoisotopic (exact) mass is 294 g/mol. The first-order valence-corrected chi connectivity index (χ1v) is 6.80. The topological polar surface area (TPSA) is 66.6 Å². The van der Waals surface area contributed by atoms with E-state index in [1.807, 2.05) is 18.9 Å². The lowest BCUT2D eigenvalue weighted by Gasteiger charge is -2.24. The Bertz CT molecular complexity index is 669. The van der Waals surface area contributed by atoms with Gasteiger partial charge in [-0.05, 0) is 13.3 Å². The van der Waals surface area contributed by atoms with Gasteiger partial charge in [-0.15, -0.1) is 0 Å². The van der Waals surface area contributed by atoms with Gasteiger partial charge in [-0.25, -0.2) is 0 Å². The first-order valence-electron chi connectivity index (χ1n) is 6.42. The summed E-state index contributed by atoms with van der Waals surface area (Å²) < 4.78 is 1.64. The fourth-order valence-corrected chi connectivity index (χ4v) is 2.58. The molecular formula is C12H15ClN6O. The van der Waals surface area contributed by atoms with E-state index in [1.54, 1.807) is 9.42 Å².